The third-order valence-corrected chi connectivity index (χ3v) is 2.68. The maximum atomic E-state index is 6.07. The fraction of sp³-hybridized carbons (Fsp3) is 0.0909. The van der Waals surface area contributed by atoms with Gasteiger partial charge in [-0.3, -0.25) is 0 Å². The highest BCUT2D eigenvalue weighted by atomic mass is 35.5. The lowest BCUT2D eigenvalue weighted by Gasteiger charge is -2.03. The highest BCUT2D eigenvalue weighted by Gasteiger charge is 2.03. The average molecular weight is 282 g/mol. The van der Waals surface area contributed by atoms with Crippen LogP contribution in [0.4, 0.5) is 5.95 Å². The zero-order valence-corrected chi connectivity index (χ0v) is 10.9. The van der Waals surface area contributed by atoms with Crippen molar-refractivity contribution in [1.82, 2.24) is 15.0 Å². The third-order valence-electron chi connectivity index (χ3n) is 2.15. The fourth-order valence-corrected chi connectivity index (χ4v) is 1.97. The average Bonchev–Trinajstić information content (AvgIpc) is 2.34. The van der Waals surface area contributed by atoms with Crippen molar-refractivity contribution < 1.29 is 0 Å². The van der Waals surface area contributed by atoms with Gasteiger partial charge in [0.05, 0.1) is 11.2 Å². The van der Waals surface area contributed by atoms with E-state index < -0.39 is 0 Å². The number of anilines is 1. The lowest BCUT2D eigenvalue weighted by Crippen LogP contribution is -1.97. The topological polar surface area (TPSA) is 63.1 Å². The van der Waals surface area contributed by atoms with Crippen LogP contribution < -0.4 is 5.43 Å². The smallest absolute Gasteiger partial charge is 0.245 e. The van der Waals surface area contributed by atoms with Gasteiger partial charge >= 0.3 is 0 Å². The van der Waals surface area contributed by atoms with Gasteiger partial charge in [-0.25, -0.2) is 10.4 Å². The molecular formula is C11H9Cl2N5. The number of nitrogens with one attached hydrogen (secondary N) is 1. The molecule has 0 saturated carbocycles. The second kappa shape index (κ2) is 5.75. The lowest BCUT2D eigenvalue weighted by molar-refractivity contribution is 1.03. The molecule has 7 heteroatoms. The quantitative estimate of drug-likeness (QED) is 0.694. The summed E-state index contributed by atoms with van der Waals surface area (Å²) in [7, 11) is 0. The Balaban J connectivity index is 2.15. The first-order chi connectivity index (χ1) is 8.66. The Morgan fingerprint density at radius 1 is 1.22 bits per heavy atom. The van der Waals surface area contributed by atoms with Crippen molar-refractivity contribution in [3.8, 4) is 0 Å². The van der Waals surface area contributed by atoms with E-state index in [4.69, 9.17) is 23.2 Å². The number of hydrogen-bond acceptors (Lipinski definition) is 5. The monoisotopic (exact) mass is 281 g/mol. The number of rotatable bonds is 3. The van der Waals surface area contributed by atoms with Gasteiger partial charge in [0.2, 0.25) is 5.95 Å². The molecule has 0 bridgehead atoms. The Morgan fingerprint density at radius 3 is 2.61 bits per heavy atom. The zero-order valence-electron chi connectivity index (χ0n) is 9.43. The number of benzene rings is 1. The maximum absolute atomic E-state index is 6.07. The van der Waals surface area contributed by atoms with Gasteiger partial charge in [-0.15, -0.1) is 0 Å². The van der Waals surface area contributed by atoms with Gasteiger partial charge in [0, 0.05) is 10.6 Å². The SMILES string of the molecule is Cc1cc(Cl)cc(Cl)c1C=NNc1ncncn1. The molecule has 18 heavy (non-hydrogen) atoms. The second-order valence-corrected chi connectivity index (χ2v) is 4.29. The Morgan fingerprint density at radius 2 is 1.94 bits per heavy atom. The van der Waals surface area contributed by atoms with Crippen LogP contribution in [0.5, 0.6) is 0 Å². The molecule has 1 aromatic heterocycles. The Labute approximate surface area is 114 Å². The molecule has 1 aromatic carbocycles. The second-order valence-electron chi connectivity index (χ2n) is 3.45. The van der Waals surface area contributed by atoms with E-state index in [2.05, 4.69) is 25.5 Å². The van der Waals surface area contributed by atoms with Gasteiger partial charge in [0.25, 0.3) is 0 Å². The summed E-state index contributed by atoms with van der Waals surface area (Å²) in [6.45, 7) is 1.90. The molecule has 0 aliphatic heterocycles. The predicted molar refractivity (Wildman–Crippen MR) is 72.2 cm³/mol. The summed E-state index contributed by atoms with van der Waals surface area (Å²) in [6, 6.07) is 3.48. The van der Waals surface area contributed by atoms with Gasteiger partial charge in [-0.2, -0.15) is 15.1 Å². The van der Waals surface area contributed by atoms with Crippen molar-refractivity contribution in [2.24, 2.45) is 5.10 Å². The summed E-state index contributed by atoms with van der Waals surface area (Å²) in [5.74, 6) is 0.365. The highest BCUT2D eigenvalue weighted by Crippen LogP contribution is 2.23. The van der Waals surface area contributed by atoms with Crippen LogP contribution in [0.15, 0.2) is 29.9 Å². The van der Waals surface area contributed by atoms with Gasteiger partial charge < -0.3 is 0 Å². The van der Waals surface area contributed by atoms with E-state index in [9.17, 15) is 0 Å². The molecule has 0 amide bonds. The highest BCUT2D eigenvalue weighted by molar-refractivity contribution is 6.36. The van der Waals surface area contributed by atoms with Crippen LogP contribution in [-0.4, -0.2) is 21.2 Å². The summed E-state index contributed by atoms with van der Waals surface area (Å²) in [5, 5.41) is 5.15. The molecule has 0 fully saturated rings. The van der Waals surface area contributed by atoms with Crippen LogP contribution in [0.2, 0.25) is 10.0 Å². The summed E-state index contributed by atoms with van der Waals surface area (Å²) >= 11 is 12.0. The molecule has 0 radical (unpaired) electrons. The molecule has 0 spiro atoms. The van der Waals surface area contributed by atoms with Crippen LogP contribution in [0.25, 0.3) is 0 Å². The van der Waals surface area contributed by atoms with Crippen LogP contribution >= 0.6 is 23.2 Å². The molecule has 0 aliphatic carbocycles. The van der Waals surface area contributed by atoms with E-state index in [0.29, 0.717) is 16.0 Å². The standard InChI is InChI=1S/C11H9Cl2N5/c1-7-2-8(12)3-10(13)9(7)4-17-18-11-15-5-14-6-16-11/h2-6H,1H3,(H,14,15,16,18). The van der Waals surface area contributed by atoms with E-state index in [0.717, 1.165) is 11.1 Å². The first-order valence-corrected chi connectivity index (χ1v) is 5.79. The van der Waals surface area contributed by atoms with E-state index >= 15 is 0 Å². The molecule has 0 saturated heterocycles. The Kier molecular flexibility index (Phi) is 4.07. The Bertz CT molecular complexity index is 548. The number of nitrogens with zero attached hydrogens (tertiary/aromatic N) is 4. The largest absolute Gasteiger partial charge is 0.246 e. The van der Waals surface area contributed by atoms with Crippen molar-refractivity contribution >= 4 is 35.4 Å². The molecular weight excluding hydrogens is 273 g/mol. The van der Waals surface area contributed by atoms with E-state index in [1.807, 2.05) is 13.0 Å². The molecule has 0 atom stereocenters. The molecule has 0 aliphatic rings. The molecule has 1 N–H and O–H groups in total. The molecule has 0 unspecified atom stereocenters. The Hall–Kier alpha value is -1.72. The fourth-order valence-electron chi connectivity index (χ4n) is 1.33. The minimum atomic E-state index is 0.365. The third kappa shape index (κ3) is 3.15. The number of halogens is 2. The van der Waals surface area contributed by atoms with E-state index in [-0.39, 0.29) is 0 Å². The van der Waals surface area contributed by atoms with Crippen molar-refractivity contribution in [1.29, 1.82) is 0 Å². The molecule has 2 aromatic rings. The molecule has 2 rings (SSSR count). The number of aryl methyl sites for hydroxylation is 1. The van der Waals surface area contributed by atoms with Crippen molar-refractivity contribution in [2.45, 2.75) is 6.92 Å². The van der Waals surface area contributed by atoms with E-state index in [1.54, 1.807) is 12.3 Å². The first-order valence-electron chi connectivity index (χ1n) is 5.03. The normalized spacial score (nSPS) is 10.8. The van der Waals surface area contributed by atoms with Gasteiger partial charge in [0.1, 0.15) is 12.7 Å². The molecule has 92 valence electrons. The number of hydrazone groups is 1. The van der Waals surface area contributed by atoms with Gasteiger partial charge in [-0.05, 0) is 24.6 Å². The predicted octanol–water partition coefficient (Wildman–Crippen LogP) is 2.93. The van der Waals surface area contributed by atoms with Crippen LogP contribution in [0.1, 0.15) is 11.1 Å². The van der Waals surface area contributed by atoms with Crippen molar-refractivity contribution in [2.75, 3.05) is 5.43 Å². The van der Waals surface area contributed by atoms with Crippen molar-refractivity contribution in [3.63, 3.8) is 0 Å². The van der Waals surface area contributed by atoms with Crippen LogP contribution in [0, 0.1) is 6.92 Å². The van der Waals surface area contributed by atoms with Crippen molar-refractivity contribution in [3.05, 3.63) is 46.0 Å². The molecule has 1 heterocycles. The minimum Gasteiger partial charge on any atom is -0.245 e. The van der Waals surface area contributed by atoms with Gasteiger partial charge in [0.15, 0.2) is 0 Å². The van der Waals surface area contributed by atoms with Gasteiger partial charge in [-0.1, -0.05) is 23.2 Å². The minimum absolute atomic E-state index is 0.365. The number of hydrogen-bond donors (Lipinski definition) is 1. The lowest BCUT2D eigenvalue weighted by atomic mass is 10.1. The summed E-state index contributed by atoms with van der Waals surface area (Å²) in [4.78, 5) is 11.4. The molecule has 5 nitrogen and oxygen atoms in total. The van der Waals surface area contributed by atoms with Crippen LogP contribution in [0.3, 0.4) is 0 Å². The van der Waals surface area contributed by atoms with E-state index in [1.165, 1.54) is 12.7 Å². The number of aromatic nitrogens is 3. The summed E-state index contributed by atoms with van der Waals surface area (Å²) in [6.07, 6.45) is 4.36. The maximum Gasteiger partial charge on any atom is 0.246 e. The van der Waals surface area contributed by atoms with Crippen LogP contribution in [-0.2, 0) is 0 Å². The first kappa shape index (κ1) is 12.7. The summed E-state index contributed by atoms with van der Waals surface area (Å²) < 4.78 is 0. The zero-order chi connectivity index (χ0) is 13.0. The summed E-state index contributed by atoms with van der Waals surface area (Å²) in [5.41, 5.74) is 4.41.